The van der Waals surface area contributed by atoms with Gasteiger partial charge in [0.2, 0.25) is 0 Å². The lowest BCUT2D eigenvalue weighted by molar-refractivity contribution is 0.0598. The van der Waals surface area contributed by atoms with Gasteiger partial charge in [0.15, 0.2) is 0 Å². The van der Waals surface area contributed by atoms with Gasteiger partial charge in [-0.15, -0.1) is 0 Å². The van der Waals surface area contributed by atoms with Crippen LogP contribution in [0, 0.1) is 5.92 Å². The molecule has 1 aliphatic carbocycles. The Morgan fingerprint density at radius 1 is 1.34 bits per heavy atom. The van der Waals surface area contributed by atoms with E-state index in [1.165, 1.54) is 0 Å². The van der Waals surface area contributed by atoms with Crippen molar-refractivity contribution in [3.8, 4) is 11.5 Å². The molecule has 2 unspecified atom stereocenters. The first kappa shape index (κ1) is 19.7. The van der Waals surface area contributed by atoms with E-state index in [2.05, 4.69) is 10.3 Å². The summed E-state index contributed by atoms with van der Waals surface area (Å²) in [5, 5.41) is 2.82. The zero-order chi connectivity index (χ0) is 20.6. The topological polar surface area (TPSA) is 115 Å². The number of hydrogen-bond acceptors (Lipinski definition) is 6. The van der Waals surface area contributed by atoms with Gasteiger partial charge >= 0.3 is 0 Å². The summed E-state index contributed by atoms with van der Waals surface area (Å²) in [5.74, 6) is -0.0443. The minimum atomic E-state index is -4.14. The molecule has 1 spiro atoms. The SMILES string of the molecule is COc1ccc(C(=O)Nc2ccncc2)c2c1CC1(CCCC1CS(=O)(=O)O)O2. The third-order valence-corrected chi connectivity index (χ3v) is 6.53. The number of nitrogens with zero attached hydrogens (tertiary/aromatic N) is 1. The van der Waals surface area contributed by atoms with Crippen molar-refractivity contribution in [1.82, 2.24) is 4.98 Å². The van der Waals surface area contributed by atoms with Gasteiger partial charge in [0, 0.05) is 36.0 Å². The maximum absolute atomic E-state index is 12.9. The van der Waals surface area contributed by atoms with Gasteiger partial charge in [-0.25, -0.2) is 0 Å². The van der Waals surface area contributed by atoms with Gasteiger partial charge in [0.1, 0.15) is 17.1 Å². The van der Waals surface area contributed by atoms with Gasteiger partial charge in [-0.05, 0) is 43.5 Å². The molecule has 0 saturated heterocycles. The van der Waals surface area contributed by atoms with Gasteiger partial charge < -0.3 is 14.8 Å². The third kappa shape index (κ3) is 3.79. The van der Waals surface area contributed by atoms with Crippen LogP contribution in [0.25, 0.3) is 0 Å². The van der Waals surface area contributed by atoms with E-state index in [-0.39, 0.29) is 17.6 Å². The highest BCUT2D eigenvalue weighted by molar-refractivity contribution is 7.85. The molecule has 2 N–H and O–H groups in total. The van der Waals surface area contributed by atoms with Gasteiger partial charge in [-0.3, -0.25) is 14.3 Å². The molecule has 2 atom stereocenters. The average molecular weight is 418 g/mol. The van der Waals surface area contributed by atoms with E-state index in [4.69, 9.17) is 9.47 Å². The van der Waals surface area contributed by atoms with E-state index >= 15 is 0 Å². The average Bonchev–Trinajstić information content (AvgIpc) is 3.24. The van der Waals surface area contributed by atoms with Crippen LogP contribution in [0.2, 0.25) is 0 Å². The van der Waals surface area contributed by atoms with Crippen LogP contribution in [-0.2, 0) is 16.5 Å². The highest BCUT2D eigenvalue weighted by Crippen LogP contribution is 2.52. The van der Waals surface area contributed by atoms with Crippen LogP contribution < -0.4 is 14.8 Å². The Kier molecular flexibility index (Phi) is 4.95. The smallest absolute Gasteiger partial charge is 0.265 e. The van der Waals surface area contributed by atoms with Crippen molar-refractivity contribution in [2.75, 3.05) is 18.2 Å². The molecule has 1 fully saturated rings. The summed E-state index contributed by atoms with van der Waals surface area (Å²) in [5.41, 5.74) is 0.940. The number of nitrogens with one attached hydrogen (secondary N) is 1. The first-order valence-corrected chi connectivity index (χ1v) is 11.0. The number of fused-ring (bicyclic) bond motifs is 1. The van der Waals surface area contributed by atoms with Crippen LogP contribution in [0.3, 0.4) is 0 Å². The van der Waals surface area contributed by atoms with Crippen LogP contribution in [0.15, 0.2) is 36.7 Å². The van der Waals surface area contributed by atoms with Crippen LogP contribution in [0.5, 0.6) is 11.5 Å². The standard InChI is InChI=1S/C20H22N2O6S/c1-27-17-5-4-15(19(23)22-14-6-9-21-10-7-14)18-16(17)11-20(28-18)8-2-3-13(20)12-29(24,25)26/h4-7,9-10,13H,2-3,8,11-12H2,1H3,(H,21,22,23)(H,24,25,26). The molecule has 29 heavy (non-hydrogen) atoms. The highest BCUT2D eigenvalue weighted by Gasteiger charge is 2.52. The zero-order valence-electron chi connectivity index (χ0n) is 15.9. The number of benzene rings is 1. The zero-order valence-corrected chi connectivity index (χ0v) is 16.7. The monoisotopic (exact) mass is 418 g/mol. The number of pyridine rings is 1. The fourth-order valence-corrected chi connectivity index (χ4v) is 5.39. The Labute approximate surface area is 169 Å². The van der Waals surface area contributed by atoms with Gasteiger partial charge in [0.25, 0.3) is 16.0 Å². The van der Waals surface area contributed by atoms with Crippen molar-refractivity contribution >= 4 is 21.7 Å². The number of aromatic nitrogens is 1. The second kappa shape index (κ2) is 7.31. The quantitative estimate of drug-likeness (QED) is 0.718. The lowest BCUT2D eigenvalue weighted by Gasteiger charge is -2.30. The van der Waals surface area contributed by atoms with Gasteiger partial charge in [-0.2, -0.15) is 8.42 Å². The summed E-state index contributed by atoms with van der Waals surface area (Å²) in [6.45, 7) is 0. The number of methoxy groups -OCH3 is 1. The van der Waals surface area contributed by atoms with Crippen molar-refractivity contribution in [1.29, 1.82) is 0 Å². The number of rotatable bonds is 5. The number of carbonyl (C=O) groups is 1. The second-order valence-electron chi connectivity index (χ2n) is 7.49. The van der Waals surface area contributed by atoms with E-state index in [1.54, 1.807) is 43.8 Å². The van der Waals surface area contributed by atoms with Crippen molar-refractivity contribution < 1.29 is 27.2 Å². The van der Waals surface area contributed by atoms with Crippen LogP contribution >= 0.6 is 0 Å². The maximum atomic E-state index is 12.9. The molecule has 2 heterocycles. The summed E-state index contributed by atoms with van der Waals surface area (Å²) in [6.07, 6.45) is 5.66. The number of carbonyl (C=O) groups excluding carboxylic acids is 1. The van der Waals surface area contributed by atoms with E-state index in [9.17, 15) is 17.8 Å². The highest BCUT2D eigenvalue weighted by atomic mass is 32.2. The summed E-state index contributed by atoms with van der Waals surface area (Å²) >= 11 is 0. The molecule has 1 aromatic carbocycles. The van der Waals surface area contributed by atoms with Crippen LogP contribution in [0.1, 0.15) is 35.2 Å². The fraction of sp³-hybridized carbons (Fsp3) is 0.400. The van der Waals surface area contributed by atoms with Crippen molar-refractivity contribution in [2.24, 2.45) is 5.92 Å². The van der Waals surface area contributed by atoms with Crippen molar-refractivity contribution in [3.63, 3.8) is 0 Å². The van der Waals surface area contributed by atoms with Crippen LogP contribution in [-0.4, -0.2) is 42.3 Å². The largest absolute Gasteiger partial charge is 0.496 e. The maximum Gasteiger partial charge on any atom is 0.265 e. The van der Waals surface area contributed by atoms with Crippen LogP contribution in [0.4, 0.5) is 5.69 Å². The Bertz CT molecular complexity index is 1040. The molecule has 1 aliphatic heterocycles. The van der Waals surface area contributed by atoms with E-state index in [1.807, 2.05) is 0 Å². The molecule has 1 aromatic heterocycles. The molecule has 0 radical (unpaired) electrons. The van der Waals surface area contributed by atoms with Gasteiger partial charge in [-0.1, -0.05) is 0 Å². The number of ether oxygens (including phenoxy) is 2. The Morgan fingerprint density at radius 2 is 2.10 bits per heavy atom. The molecule has 154 valence electrons. The summed E-state index contributed by atoms with van der Waals surface area (Å²) < 4.78 is 44.2. The molecule has 0 bridgehead atoms. The normalized spacial score (nSPS) is 22.9. The third-order valence-electron chi connectivity index (χ3n) is 5.71. The number of anilines is 1. The first-order chi connectivity index (χ1) is 13.8. The molecule has 1 amide bonds. The van der Waals surface area contributed by atoms with E-state index < -0.39 is 15.7 Å². The Balaban J connectivity index is 1.68. The predicted octanol–water partition coefficient (Wildman–Crippen LogP) is 2.70. The summed E-state index contributed by atoms with van der Waals surface area (Å²) in [7, 11) is -2.59. The summed E-state index contributed by atoms with van der Waals surface area (Å²) in [4.78, 5) is 16.8. The lowest BCUT2D eigenvalue weighted by atomic mass is 9.87. The predicted molar refractivity (Wildman–Crippen MR) is 106 cm³/mol. The molecule has 2 aromatic rings. The Hall–Kier alpha value is -2.65. The van der Waals surface area contributed by atoms with E-state index in [0.29, 0.717) is 42.0 Å². The minimum Gasteiger partial charge on any atom is -0.496 e. The molecule has 9 heteroatoms. The van der Waals surface area contributed by atoms with Crippen molar-refractivity contribution in [3.05, 3.63) is 47.8 Å². The van der Waals surface area contributed by atoms with Gasteiger partial charge in [0.05, 0.1) is 18.4 Å². The molecule has 2 aliphatic rings. The second-order valence-corrected chi connectivity index (χ2v) is 8.99. The molecule has 4 rings (SSSR count). The molecular formula is C20H22N2O6S. The Morgan fingerprint density at radius 3 is 2.79 bits per heavy atom. The first-order valence-electron chi connectivity index (χ1n) is 9.37. The number of hydrogen-bond donors (Lipinski definition) is 2. The minimum absolute atomic E-state index is 0.337. The molecule has 1 saturated carbocycles. The lowest BCUT2D eigenvalue weighted by Crippen LogP contribution is -2.41. The van der Waals surface area contributed by atoms with E-state index in [0.717, 1.165) is 12.0 Å². The fourth-order valence-electron chi connectivity index (χ4n) is 4.41. The van der Waals surface area contributed by atoms with Crippen molar-refractivity contribution in [2.45, 2.75) is 31.3 Å². The molecular weight excluding hydrogens is 396 g/mol. The summed E-state index contributed by atoms with van der Waals surface area (Å²) in [6, 6.07) is 6.72. The molecule has 8 nitrogen and oxygen atoms in total. The number of amides is 1.